The quantitative estimate of drug-likeness (QED) is 0.513. The highest BCUT2D eigenvalue weighted by atomic mass is 16.1. The van der Waals surface area contributed by atoms with E-state index >= 15 is 0 Å². The first kappa shape index (κ1) is 7.50. The second kappa shape index (κ2) is 2.98. The fourth-order valence-corrected chi connectivity index (χ4v) is 1.37. The van der Waals surface area contributed by atoms with Gasteiger partial charge in [-0.25, -0.2) is 0 Å². The summed E-state index contributed by atoms with van der Waals surface area (Å²) in [5.41, 5.74) is 10.5. The van der Waals surface area contributed by atoms with E-state index in [9.17, 15) is 4.79 Å². The predicted molar refractivity (Wildman–Crippen MR) is 38.0 cm³/mol. The third-order valence-corrected chi connectivity index (χ3v) is 1.93. The van der Waals surface area contributed by atoms with Crippen molar-refractivity contribution >= 4 is 5.91 Å². The van der Waals surface area contributed by atoms with Gasteiger partial charge in [0.1, 0.15) is 0 Å². The number of carbonyl (C=O) groups excluding carboxylic acids is 1. The zero-order chi connectivity index (χ0) is 7.56. The van der Waals surface area contributed by atoms with Gasteiger partial charge in [-0.15, -0.1) is 0 Å². The van der Waals surface area contributed by atoms with E-state index in [1.807, 2.05) is 4.90 Å². The minimum Gasteiger partial charge on any atom is -0.368 e. The summed E-state index contributed by atoms with van der Waals surface area (Å²) in [4.78, 5) is 12.6. The Morgan fingerprint density at radius 3 is 2.80 bits per heavy atom. The van der Waals surface area contributed by atoms with Crippen molar-refractivity contribution in [2.45, 2.75) is 18.9 Å². The van der Waals surface area contributed by atoms with Crippen molar-refractivity contribution in [1.29, 1.82) is 0 Å². The number of likely N-dealkylation sites (tertiary alicyclic amines) is 1. The fraction of sp³-hybridized carbons (Fsp3) is 0.833. The van der Waals surface area contributed by atoms with E-state index in [0.717, 1.165) is 19.4 Å². The Hall–Kier alpha value is -0.610. The van der Waals surface area contributed by atoms with Crippen LogP contribution in [-0.4, -0.2) is 30.1 Å². The van der Waals surface area contributed by atoms with Gasteiger partial charge in [0.05, 0.1) is 6.04 Å². The molecule has 1 aliphatic heterocycles. The third-order valence-electron chi connectivity index (χ3n) is 1.93. The van der Waals surface area contributed by atoms with Gasteiger partial charge in [-0.3, -0.25) is 9.69 Å². The predicted octanol–water partition coefficient (Wildman–Crippen LogP) is -1.15. The lowest BCUT2D eigenvalue weighted by Gasteiger charge is -2.18. The van der Waals surface area contributed by atoms with Crippen LogP contribution in [0.5, 0.6) is 0 Å². The summed E-state index contributed by atoms with van der Waals surface area (Å²) in [6.45, 7) is 1.34. The highest BCUT2D eigenvalue weighted by molar-refractivity contribution is 5.80. The maximum absolute atomic E-state index is 10.7. The van der Waals surface area contributed by atoms with Gasteiger partial charge in [0, 0.05) is 13.2 Å². The highest BCUT2D eigenvalue weighted by Gasteiger charge is 2.27. The number of amides is 1. The zero-order valence-electron chi connectivity index (χ0n) is 5.92. The molecule has 4 heteroatoms. The molecule has 10 heavy (non-hydrogen) atoms. The molecule has 1 unspecified atom stereocenters. The van der Waals surface area contributed by atoms with Crippen molar-refractivity contribution < 1.29 is 4.79 Å². The molecule has 1 amide bonds. The normalized spacial score (nSPS) is 27.1. The SMILES string of the molecule is NCN1CCCC1C(N)=O. The van der Waals surface area contributed by atoms with Gasteiger partial charge >= 0.3 is 0 Å². The average molecular weight is 143 g/mol. The standard InChI is InChI=1S/C6H13N3O/c7-4-9-3-1-2-5(9)6(8)10/h5H,1-4,7H2,(H2,8,10). The van der Waals surface area contributed by atoms with E-state index in [-0.39, 0.29) is 11.9 Å². The summed E-state index contributed by atoms with van der Waals surface area (Å²) in [5.74, 6) is -0.247. The van der Waals surface area contributed by atoms with E-state index in [1.54, 1.807) is 0 Å². The van der Waals surface area contributed by atoms with E-state index < -0.39 is 0 Å². The smallest absolute Gasteiger partial charge is 0.234 e. The molecule has 4 nitrogen and oxygen atoms in total. The van der Waals surface area contributed by atoms with E-state index in [2.05, 4.69) is 0 Å². The first-order valence-corrected chi connectivity index (χ1v) is 3.49. The lowest BCUT2D eigenvalue weighted by Crippen LogP contribution is -2.42. The van der Waals surface area contributed by atoms with Crippen molar-refractivity contribution in [2.75, 3.05) is 13.2 Å². The van der Waals surface area contributed by atoms with Crippen LogP contribution in [0.2, 0.25) is 0 Å². The number of primary amides is 1. The van der Waals surface area contributed by atoms with Gasteiger partial charge in [0.2, 0.25) is 5.91 Å². The van der Waals surface area contributed by atoms with E-state index in [4.69, 9.17) is 11.5 Å². The van der Waals surface area contributed by atoms with E-state index in [0.29, 0.717) is 6.67 Å². The summed E-state index contributed by atoms with van der Waals surface area (Å²) in [6, 6.07) is -0.106. The summed E-state index contributed by atoms with van der Waals surface area (Å²) < 4.78 is 0. The Bertz CT molecular complexity index is 137. The molecular weight excluding hydrogens is 130 g/mol. The maximum atomic E-state index is 10.7. The number of hydrogen-bond acceptors (Lipinski definition) is 3. The molecule has 0 aromatic rings. The molecule has 0 saturated carbocycles. The summed E-state index contributed by atoms with van der Waals surface area (Å²) >= 11 is 0. The molecule has 1 heterocycles. The molecule has 0 aliphatic carbocycles. The van der Waals surface area contributed by atoms with Crippen LogP contribution in [0.3, 0.4) is 0 Å². The first-order valence-electron chi connectivity index (χ1n) is 3.49. The van der Waals surface area contributed by atoms with Crippen molar-refractivity contribution in [3.05, 3.63) is 0 Å². The molecule has 0 spiro atoms. The number of rotatable bonds is 2. The molecule has 1 rings (SSSR count). The van der Waals surface area contributed by atoms with Crippen LogP contribution in [0, 0.1) is 0 Å². The highest BCUT2D eigenvalue weighted by Crippen LogP contribution is 2.14. The molecule has 1 aliphatic rings. The molecule has 58 valence electrons. The lowest BCUT2D eigenvalue weighted by molar-refractivity contribution is -0.122. The van der Waals surface area contributed by atoms with Crippen molar-refractivity contribution in [3.63, 3.8) is 0 Å². The second-order valence-corrected chi connectivity index (χ2v) is 2.56. The number of carbonyl (C=O) groups is 1. The molecule has 0 aromatic heterocycles. The molecular formula is C6H13N3O. The molecule has 1 atom stereocenters. The second-order valence-electron chi connectivity index (χ2n) is 2.56. The lowest BCUT2D eigenvalue weighted by atomic mass is 10.2. The van der Waals surface area contributed by atoms with Crippen molar-refractivity contribution in [1.82, 2.24) is 4.90 Å². The van der Waals surface area contributed by atoms with Gasteiger partial charge in [-0.1, -0.05) is 0 Å². The summed E-state index contributed by atoms with van der Waals surface area (Å²) in [5, 5.41) is 0. The zero-order valence-corrected chi connectivity index (χ0v) is 5.92. The molecule has 1 saturated heterocycles. The van der Waals surface area contributed by atoms with Gasteiger partial charge in [-0.05, 0) is 12.8 Å². The van der Waals surface area contributed by atoms with Crippen LogP contribution >= 0.6 is 0 Å². The Balaban J connectivity index is 2.50. The molecule has 0 aromatic carbocycles. The van der Waals surface area contributed by atoms with Crippen LogP contribution in [-0.2, 0) is 4.79 Å². The van der Waals surface area contributed by atoms with Crippen LogP contribution in [0.25, 0.3) is 0 Å². The van der Waals surface area contributed by atoms with Crippen molar-refractivity contribution in [2.24, 2.45) is 11.5 Å². The van der Waals surface area contributed by atoms with Gasteiger partial charge in [0.15, 0.2) is 0 Å². The topological polar surface area (TPSA) is 72.3 Å². The Kier molecular flexibility index (Phi) is 2.24. The van der Waals surface area contributed by atoms with Crippen LogP contribution in [0.1, 0.15) is 12.8 Å². The number of nitrogens with zero attached hydrogens (tertiary/aromatic N) is 1. The van der Waals surface area contributed by atoms with Crippen molar-refractivity contribution in [3.8, 4) is 0 Å². The average Bonchev–Trinajstić information content (AvgIpc) is 2.33. The Morgan fingerprint density at radius 1 is 1.70 bits per heavy atom. The van der Waals surface area contributed by atoms with Gasteiger partial charge in [0.25, 0.3) is 0 Å². The maximum Gasteiger partial charge on any atom is 0.234 e. The first-order chi connectivity index (χ1) is 4.75. The van der Waals surface area contributed by atoms with Gasteiger partial charge in [-0.2, -0.15) is 0 Å². The Labute approximate surface area is 60.2 Å². The fourth-order valence-electron chi connectivity index (χ4n) is 1.37. The molecule has 0 radical (unpaired) electrons. The number of nitrogens with two attached hydrogens (primary N) is 2. The van der Waals surface area contributed by atoms with Crippen LogP contribution in [0.4, 0.5) is 0 Å². The largest absolute Gasteiger partial charge is 0.368 e. The van der Waals surface area contributed by atoms with Crippen LogP contribution < -0.4 is 11.5 Å². The van der Waals surface area contributed by atoms with Crippen LogP contribution in [0.15, 0.2) is 0 Å². The summed E-state index contributed by atoms with van der Waals surface area (Å²) in [7, 11) is 0. The monoisotopic (exact) mass is 143 g/mol. The minimum absolute atomic E-state index is 0.106. The number of hydrogen-bond donors (Lipinski definition) is 2. The Morgan fingerprint density at radius 2 is 2.40 bits per heavy atom. The molecule has 1 fully saturated rings. The molecule has 4 N–H and O–H groups in total. The minimum atomic E-state index is -0.247. The van der Waals surface area contributed by atoms with E-state index in [1.165, 1.54) is 0 Å². The van der Waals surface area contributed by atoms with Gasteiger partial charge < -0.3 is 11.5 Å². The molecule has 0 bridgehead atoms. The third kappa shape index (κ3) is 1.27. The summed E-state index contributed by atoms with van der Waals surface area (Å²) in [6.07, 6.45) is 1.90.